The molecule has 5 rings (SSSR count). The van der Waals surface area contributed by atoms with E-state index in [9.17, 15) is 9.59 Å². The van der Waals surface area contributed by atoms with Crippen molar-refractivity contribution in [2.75, 3.05) is 20.3 Å². The van der Waals surface area contributed by atoms with Gasteiger partial charge in [0.05, 0.1) is 27.4 Å². The average Bonchev–Trinajstić information content (AvgIpc) is 3.48. The van der Waals surface area contributed by atoms with Crippen molar-refractivity contribution in [3.63, 3.8) is 0 Å². The third kappa shape index (κ3) is 5.48. The minimum atomic E-state index is -0.827. The molecule has 0 saturated heterocycles. The lowest BCUT2D eigenvalue weighted by atomic mass is 9.96. The van der Waals surface area contributed by atoms with Crippen LogP contribution in [0.2, 0.25) is 15.1 Å². The second-order valence-electron chi connectivity index (χ2n) is 8.56. The van der Waals surface area contributed by atoms with Crippen molar-refractivity contribution in [1.29, 1.82) is 0 Å². The molecule has 1 unspecified atom stereocenters. The minimum Gasteiger partial charge on any atom is -0.460 e. The Morgan fingerprint density at radius 2 is 1.90 bits per heavy atom. The molecule has 1 atom stereocenters. The zero-order valence-electron chi connectivity index (χ0n) is 20.7. The normalized spacial score (nSPS) is 15.3. The molecular weight excluding hydrogens is 583 g/mol. The molecule has 0 bridgehead atoms. The van der Waals surface area contributed by atoms with Gasteiger partial charge in [0, 0.05) is 28.8 Å². The maximum atomic E-state index is 13.8. The largest absolute Gasteiger partial charge is 0.460 e. The summed E-state index contributed by atoms with van der Waals surface area (Å²) in [6.45, 7) is 2.01. The van der Waals surface area contributed by atoms with Crippen LogP contribution < -0.4 is 14.9 Å². The summed E-state index contributed by atoms with van der Waals surface area (Å²) < 4.78 is 18.2. The molecule has 1 aliphatic rings. The predicted molar refractivity (Wildman–Crippen MR) is 152 cm³/mol. The molecule has 0 radical (unpaired) electrons. The van der Waals surface area contributed by atoms with Gasteiger partial charge in [-0.1, -0.05) is 64.3 Å². The van der Waals surface area contributed by atoms with Crippen LogP contribution in [-0.2, 0) is 14.3 Å². The lowest BCUT2D eigenvalue weighted by Crippen LogP contribution is -2.40. The van der Waals surface area contributed by atoms with Gasteiger partial charge >= 0.3 is 5.97 Å². The van der Waals surface area contributed by atoms with Crippen LogP contribution in [0.1, 0.15) is 24.3 Å². The second-order valence-corrected chi connectivity index (χ2v) is 10.8. The third-order valence-corrected chi connectivity index (χ3v) is 7.93. The third-order valence-electron chi connectivity index (χ3n) is 6.06. The van der Waals surface area contributed by atoms with Crippen molar-refractivity contribution in [2.24, 2.45) is 4.99 Å². The van der Waals surface area contributed by atoms with E-state index >= 15 is 0 Å². The highest BCUT2D eigenvalue weighted by Gasteiger charge is 2.34. The number of fused-ring (bicyclic) bond motifs is 1. The van der Waals surface area contributed by atoms with Crippen LogP contribution in [0.4, 0.5) is 0 Å². The predicted octanol–water partition coefficient (Wildman–Crippen LogP) is 5.65. The maximum absolute atomic E-state index is 13.8. The molecule has 3 heterocycles. The van der Waals surface area contributed by atoms with E-state index in [4.69, 9.17) is 48.7 Å². The highest BCUT2D eigenvalue weighted by Crippen LogP contribution is 2.35. The van der Waals surface area contributed by atoms with Gasteiger partial charge in [0.2, 0.25) is 0 Å². The van der Waals surface area contributed by atoms with Gasteiger partial charge in [-0.3, -0.25) is 9.36 Å². The topological polar surface area (TPSA) is 83.0 Å². The number of rotatable bonds is 7. The molecule has 1 aliphatic heterocycles. The number of nitrogens with zero attached hydrogens (tertiary/aromatic N) is 2. The van der Waals surface area contributed by atoms with E-state index in [0.29, 0.717) is 52.7 Å². The summed E-state index contributed by atoms with van der Waals surface area (Å²) >= 11 is 20.1. The number of ether oxygens (including phenoxy) is 2. The van der Waals surface area contributed by atoms with Gasteiger partial charge in [0.1, 0.15) is 24.2 Å². The molecule has 0 fully saturated rings. The monoisotopic (exact) mass is 602 g/mol. The minimum absolute atomic E-state index is 0.0598. The first-order valence-corrected chi connectivity index (χ1v) is 13.7. The van der Waals surface area contributed by atoms with Crippen molar-refractivity contribution in [3.05, 3.63) is 112 Å². The average molecular weight is 604 g/mol. The summed E-state index contributed by atoms with van der Waals surface area (Å²) in [6, 6.07) is 14.9. The molecule has 200 valence electrons. The standard InChI is InChI=1S/C28H21Cl3N2O5S/c1-15-24(27(35)37-12-11-36-2)25(19-5-3-4-6-20(19)30)33-26(34)23(39-28(33)32-15)14-17-8-10-22(38-17)18-9-7-16(29)13-21(18)31/h3-10,13-14,25H,11-12H2,1-2H3/b23-14-. The van der Waals surface area contributed by atoms with Gasteiger partial charge in [-0.25, -0.2) is 9.79 Å². The highest BCUT2D eigenvalue weighted by atomic mass is 35.5. The lowest BCUT2D eigenvalue weighted by molar-refractivity contribution is -0.140. The summed E-state index contributed by atoms with van der Waals surface area (Å²) in [5.41, 5.74) is 1.58. The van der Waals surface area contributed by atoms with E-state index in [2.05, 4.69) is 4.99 Å². The van der Waals surface area contributed by atoms with E-state index in [1.807, 2.05) is 0 Å². The molecule has 11 heteroatoms. The fourth-order valence-corrected chi connectivity index (χ4v) is 6.03. The van der Waals surface area contributed by atoms with Crippen LogP contribution in [-0.4, -0.2) is 30.9 Å². The molecule has 0 amide bonds. The Balaban J connectivity index is 1.61. The molecule has 2 aromatic heterocycles. The molecule has 0 spiro atoms. The number of methoxy groups -OCH3 is 1. The van der Waals surface area contributed by atoms with Crippen LogP contribution in [0, 0.1) is 0 Å². The van der Waals surface area contributed by atoms with Gasteiger partial charge in [0.15, 0.2) is 4.80 Å². The summed E-state index contributed by atoms with van der Waals surface area (Å²) in [7, 11) is 1.52. The number of allylic oxidation sites excluding steroid dienone is 1. The summed E-state index contributed by atoms with van der Waals surface area (Å²) in [4.78, 5) is 32.0. The molecule has 39 heavy (non-hydrogen) atoms. The number of thiazole rings is 1. The number of aromatic nitrogens is 1. The Hall–Kier alpha value is -3.14. The number of hydrogen-bond donors (Lipinski definition) is 0. The van der Waals surface area contributed by atoms with Crippen molar-refractivity contribution >= 4 is 58.2 Å². The van der Waals surface area contributed by atoms with Gasteiger partial charge in [-0.2, -0.15) is 0 Å². The fourth-order valence-electron chi connectivity index (χ4n) is 4.26. The summed E-state index contributed by atoms with van der Waals surface area (Å²) in [6.07, 6.45) is 1.64. The highest BCUT2D eigenvalue weighted by molar-refractivity contribution is 7.07. The molecule has 0 saturated carbocycles. The molecule has 7 nitrogen and oxygen atoms in total. The van der Waals surface area contributed by atoms with Crippen LogP contribution in [0.5, 0.6) is 0 Å². The van der Waals surface area contributed by atoms with Crippen molar-refractivity contribution in [3.8, 4) is 11.3 Å². The van der Waals surface area contributed by atoms with E-state index in [-0.39, 0.29) is 24.3 Å². The Labute approximate surface area is 242 Å². The van der Waals surface area contributed by atoms with Crippen LogP contribution in [0.15, 0.2) is 80.1 Å². The van der Waals surface area contributed by atoms with Crippen molar-refractivity contribution in [1.82, 2.24) is 4.57 Å². The number of esters is 1. The SMILES string of the molecule is COCCOC(=O)C1=C(C)N=c2s/c(=C\c3ccc(-c4ccc(Cl)cc4Cl)o3)c(=O)n2C1c1ccccc1Cl. The molecule has 4 aromatic rings. The number of benzene rings is 2. The Bertz CT molecular complexity index is 1790. The van der Waals surface area contributed by atoms with Crippen LogP contribution >= 0.6 is 46.1 Å². The molecule has 0 N–H and O–H groups in total. The first kappa shape index (κ1) is 27.4. The first-order valence-electron chi connectivity index (χ1n) is 11.8. The molecular formula is C28H21Cl3N2O5S. The van der Waals surface area contributed by atoms with E-state index in [1.165, 1.54) is 23.0 Å². The number of carbonyl (C=O) groups is 1. The zero-order valence-corrected chi connectivity index (χ0v) is 23.8. The van der Waals surface area contributed by atoms with E-state index in [1.54, 1.807) is 67.6 Å². The zero-order chi connectivity index (χ0) is 27.7. The van der Waals surface area contributed by atoms with E-state index in [0.717, 1.165) is 0 Å². The van der Waals surface area contributed by atoms with Gasteiger partial charge in [0.25, 0.3) is 5.56 Å². The van der Waals surface area contributed by atoms with Crippen LogP contribution in [0.25, 0.3) is 17.4 Å². The number of carbonyl (C=O) groups excluding carboxylic acids is 1. The summed E-state index contributed by atoms with van der Waals surface area (Å²) in [5, 5.41) is 1.37. The van der Waals surface area contributed by atoms with Gasteiger partial charge < -0.3 is 13.9 Å². The lowest BCUT2D eigenvalue weighted by Gasteiger charge is -2.25. The van der Waals surface area contributed by atoms with E-state index < -0.39 is 12.0 Å². The van der Waals surface area contributed by atoms with Crippen molar-refractivity contribution in [2.45, 2.75) is 13.0 Å². The number of halogens is 3. The van der Waals surface area contributed by atoms with Gasteiger partial charge in [-0.15, -0.1) is 0 Å². The van der Waals surface area contributed by atoms with Crippen molar-refractivity contribution < 1.29 is 18.7 Å². The smallest absolute Gasteiger partial charge is 0.338 e. The molecule has 0 aliphatic carbocycles. The quantitative estimate of drug-likeness (QED) is 0.202. The fraction of sp³-hybridized carbons (Fsp3) is 0.179. The van der Waals surface area contributed by atoms with Crippen LogP contribution in [0.3, 0.4) is 0 Å². The van der Waals surface area contributed by atoms with Gasteiger partial charge in [-0.05, 0) is 48.9 Å². The Morgan fingerprint density at radius 1 is 1.10 bits per heavy atom. The Kier molecular flexibility index (Phi) is 8.11. The number of furan rings is 1. The Morgan fingerprint density at radius 3 is 2.64 bits per heavy atom. The number of hydrogen-bond acceptors (Lipinski definition) is 7. The maximum Gasteiger partial charge on any atom is 0.338 e. The molecule has 2 aromatic carbocycles. The first-order chi connectivity index (χ1) is 18.8. The second kappa shape index (κ2) is 11.5. The summed E-state index contributed by atoms with van der Waals surface area (Å²) in [5.74, 6) is 0.384.